The molecule has 0 aliphatic rings. The third-order valence-corrected chi connectivity index (χ3v) is 1.84. The Hall–Kier alpha value is -1.58. The van der Waals surface area contributed by atoms with Crippen LogP contribution in [-0.2, 0) is 0 Å². The Labute approximate surface area is 70.3 Å². The Morgan fingerprint density at radius 2 is 2.58 bits per heavy atom. The minimum Gasteiger partial charge on any atom is -0.347 e. The molecule has 0 aromatic carbocycles. The van der Waals surface area contributed by atoms with Crippen LogP contribution in [0, 0.1) is 6.07 Å². The van der Waals surface area contributed by atoms with E-state index in [1.54, 1.807) is 18.7 Å². The van der Waals surface area contributed by atoms with Crippen molar-refractivity contribution in [1.29, 1.82) is 0 Å². The van der Waals surface area contributed by atoms with Crippen molar-refractivity contribution < 1.29 is 0 Å². The first kappa shape index (κ1) is 7.09. The molecule has 1 unspecified atom stereocenters. The molecule has 12 heavy (non-hydrogen) atoms. The maximum atomic E-state index is 4.09. The van der Waals surface area contributed by atoms with Gasteiger partial charge in [0.15, 0.2) is 0 Å². The zero-order chi connectivity index (χ0) is 8.39. The molecule has 2 rings (SSSR count). The lowest BCUT2D eigenvalue weighted by atomic mass is 10.3. The van der Waals surface area contributed by atoms with Crippen molar-refractivity contribution in [2.24, 2.45) is 0 Å². The molecule has 0 aliphatic carbocycles. The number of aromatic nitrogens is 4. The molecule has 0 amide bonds. The van der Waals surface area contributed by atoms with Gasteiger partial charge in [0.05, 0.1) is 30.5 Å². The van der Waals surface area contributed by atoms with Gasteiger partial charge in [0.1, 0.15) is 0 Å². The third-order valence-electron chi connectivity index (χ3n) is 1.84. The average molecular weight is 161 g/mol. The van der Waals surface area contributed by atoms with Crippen LogP contribution in [0.3, 0.4) is 0 Å². The molecule has 4 heteroatoms. The molecule has 1 radical (unpaired) electrons. The Morgan fingerprint density at radius 3 is 3.17 bits per heavy atom. The van der Waals surface area contributed by atoms with Gasteiger partial charge in [-0.25, -0.2) is 4.98 Å². The predicted molar refractivity (Wildman–Crippen MR) is 43.5 cm³/mol. The highest BCUT2D eigenvalue weighted by molar-refractivity contribution is 5.02. The summed E-state index contributed by atoms with van der Waals surface area (Å²) >= 11 is 0. The fraction of sp³-hybridized carbons (Fsp3) is 0.250. The van der Waals surface area contributed by atoms with Crippen LogP contribution in [0.5, 0.6) is 0 Å². The Morgan fingerprint density at radius 1 is 1.67 bits per heavy atom. The smallest absolute Gasteiger partial charge is 0.0922 e. The molecule has 0 saturated heterocycles. The summed E-state index contributed by atoms with van der Waals surface area (Å²) in [6.45, 7) is 2.05. The lowest BCUT2D eigenvalue weighted by Gasteiger charge is -2.08. The second kappa shape index (κ2) is 2.81. The van der Waals surface area contributed by atoms with Gasteiger partial charge in [-0.05, 0) is 6.92 Å². The number of nitrogens with one attached hydrogen (secondary N) is 1. The quantitative estimate of drug-likeness (QED) is 0.714. The monoisotopic (exact) mass is 161 g/mol. The minimum absolute atomic E-state index is 0.193. The van der Waals surface area contributed by atoms with Crippen LogP contribution < -0.4 is 0 Å². The molecule has 0 saturated carbocycles. The van der Waals surface area contributed by atoms with Crippen LogP contribution in [0.1, 0.15) is 18.7 Å². The summed E-state index contributed by atoms with van der Waals surface area (Å²) in [7, 11) is 0. The van der Waals surface area contributed by atoms with E-state index in [4.69, 9.17) is 0 Å². The maximum absolute atomic E-state index is 4.09. The number of hydrogen-bond acceptors (Lipinski definition) is 2. The van der Waals surface area contributed by atoms with E-state index in [2.05, 4.69) is 21.1 Å². The van der Waals surface area contributed by atoms with Crippen LogP contribution >= 0.6 is 0 Å². The minimum atomic E-state index is 0.193. The van der Waals surface area contributed by atoms with Crippen molar-refractivity contribution >= 4 is 0 Å². The highest BCUT2D eigenvalue weighted by Crippen LogP contribution is 2.11. The molecular weight excluding hydrogens is 152 g/mol. The van der Waals surface area contributed by atoms with Gasteiger partial charge < -0.3 is 4.98 Å². The summed E-state index contributed by atoms with van der Waals surface area (Å²) in [4.78, 5) is 6.99. The number of nitrogens with zero attached hydrogens (tertiary/aromatic N) is 3. The SMILES string of the molecule is CC(c1cnc[nH]1)n1c[c]cn1. The molecule has 2 aromatic heterocycles. The molecule has 0 aliphatic heterocycles. The molecule has 4 nitrogen and oxygen atoms in total. The molecule has 2 aromatic rings. The summed E-state index contributed by atoms with van der Waals surface area (Å²) in [5.74, 6) is 0. The first-order chi connectivity index (χ1) is 5.88. The third kappa shape index (κ3) is 1.11. The van der Waals surface area contributed by atoms with Gasteiger partial charge in [-0.2, -0.15) is 5.10 Å². The lowest BCUT2D eigenvalue weighted by Crippen LogP contribution is -2.07. The van der Waals surface area contributed by atoms with Crippen molar-refractivity contribution in [1.82, 2.24) is 19.7 Å². The molecule has 1 N–H and O–H groups in total. The fourth-order valence-electron chi connectivity index (χ4n) is 1.09. The number of H-pyrrole nitrogens is 1. The lowest BCUT2D eigenvalue weighted by molar-refractivity contribution is 0.553. The van der Waals surface area contributed by atoms with E-state index < -0.39 is 0 Å². The van der Waals surface area contributed by atoms with Gasteiger partial charge in [-0.1, -0.05) is 0 Å². The summed E-state index contributed by atoms with van der Waals surface area (Å²) in [5, 5.41) is 4.09. The Balaban J connectivity index is 2.27. The van der Waals surface area contributed by atoms with Crippen LogP contribution in [0.25, 0.3) is 0 Å². The summed E-state index contributed by atoms with van der Waals surface area (Å²) in [5.41, 5.74) is 1.05. The summed E-state index contributed by atoms with van der Waals surface area (Å²) in [6, 6.07) is 3.08. The normalized spacial score (nSPS) is 13.1. The van der Waals surface area contributed by atoms with E-state index in [0.717, 1.165) is 5.69 Å². The summed E-state index contributed by atoms with van der Waals surface area (Å²) < 4.78 is 1.83. The molecule has 61 valence electrons. The van der Waals surface area contributed by atoms with Crippen LogP contribution in [0.15, 0.2) is 24.9 Å². The second-order valence-corrected chi connectivity index (χ2v) is 2.60. The van der Waals surface area contributed by atoms with E-state index in [1.807, 2.05) is 17.8 Å². The average Bonchev–Trinajstić information content (AvgIpc) is 2.77. The maximum Gasteiger partial charge on any atom is 0.0922 e. The molecule has 2 heterocycles. The Kier molecular flexibility index (Phi) is 1.66. The van der Waals surface area contributed by atoms with Crippen molar-refractivity contribution in [3.8, 4) is 0 Å². The van der Waals surface area contributed by atoms with Crippen molar-refractivity contribution in [2.75, 3.05) is 0 Å². The van der Waals surface area contributed by atoms with Crippen molar-refractivity contribution in [3.05, 3.63) is 36.7 Å². The second-order valence-electron chi connectivity index (χ2n) is 2.60. The first-order valence-electron chi connectivity index (χ1n) is 3.76. The molecule has 0 fully saturated rings. The van der Waals surface area contributed by atoms with E-state index in [0.29, 0.717) is 0 Å². The van der Waals surface area contributed by atoms with E-state index in [9.17, 15) is 0 Å². The molecule has 0 bridgehead atoms. The van der Waals surface area contributed by atoms with E-state index in [1.165, 1.54) is 0 Å². The molecule has 1 atom stereocenters. The molecule has 0 spiro atoms. The van der Waals surface area contributed by atoms with Gasteiger partial charge in [-0.3, -0.25) is 4.68 Å². The van der Waals surface area contributed by atoms with Gasteiger partial charge >= 0.3 is 0 Å². The van der Waals surface area contributed by atoms with Gasteiger partial charge in [-0.15, -0.1) is 0 Å². The highest BCUT2D eigenvalue weighted by atomic mass is 15.3. The standard InChI is InChI=1S/C8H9N4/c1-7(8-5-9-6-10-8)12-4-2-3-11-12/h3-7H,1H3,(H,9,10). The number of aromatic amines is 1. The largest absolute Gasteiger partial charge is 0.347 e. The van der Waals surface area contributed by atoms with Crippen molar-refractivity contribution in [3.63, 3.8) is 0 Å². The zero-order valence-electron chi connectivity index (χ0n) is 6.73. The van der Waals surface area contributed by atoms with Crippen LogP contribution in [-0.4, -0.2) is 19.7 Å². The zero-order valence-corrected chi connectivity index (χ0v) is 6.73. The number of imidazole rings is 1. The van der Waals surface area contributed by atoms with Gasteiger partial charge in [0.2, 0.25) is 0 Å². The van der Waals surface area contributed by atoms with E-state index >= 15 is 0 Å². The van der Waals surface area contributed by atoms with Crippen molar-refractivity contribution in [2.45, 2.75) is 13.0 Å². The van der Waals surface area contributed by atoms with Crippen LogP contribution in [0.2, 0.25) is 0 Å². The van der Waals surface area contributed by atoms with Crippen LogP contribution in [0.4, 0.5) is 0 Å². The van der Waals surface area contributed by atoms with Gasteiger partial charge in [0, 0.05) is 12.3 Å². The fourth-order valence-corrected chi connectivity index (χ4v) is 1.09. The molecular formula is C8H9N4. The van der Waals surface area contributed by atoms with Gasteiger partial charge in [0.25, 0.3) is 0 Å². The first-order valence-corrected chi connectivity index (χ1v) is 3.76. The Bertz CT molecular complexity index is 288. The highest BCUT2D eigenvalue weighted by Gasteiger charge is 2.07. The topological polar surface area (TPSA) is 46.5 Å². The van der Waals surface area contributed by atoms with E-state index in [-0.39, 0.29) is 6.04 Å². The summed E-state index contributed by atoms with van der Waals surface area (Å²) in [6.07, 6.45) is 6.92. The number of hydrogen-bond donors (Lipinski definition) is 1. The number of rotatable bonds is 2. The predicted octanol–water partition coefficient (Wildman–Crippen LogP) is 1.02.